The summed E-state index contributed by atoms with van der Waals surface area (Å²) >= 11 is 0. The van der Waals surface area contributed by atoms with E-state index in [0.29, 0.717) is 43.0 Å². The number of anilines is 2. The van der Waals surface area contributed by atoms with Crippen LogP contribution in [0.4, 0.5) is 11.4 Å². The van der Waals surface area contributed by atoms with Gasteiger partial charge >= 0.3 is 5.63 Å². The fourth-order valence-corrected chi connectivity index (χ4v) is 9.21. The van der Waals surface area contributed by atoms with Gasteiger partial charge in [-0.25, -0.2) is 17.5 Å². The van der Waals surface area contributed by atoms with Gasteiger partial charge in [-0.15, -0.1) is 0 Å². The number of amides is 2. The van der Waals surface area contributed by atoms with E-state index in [-0.39, 0.29) is 40.7 Å². The van der Waals surface area contributed by atoms with Crippen molar-refractivity contribution in [2.24, 2.45) is 5.73 Å². The Kier molecular flexibility index (Phi) is 9.76. The number of ether oxygens (including phenoxy) is 1. The highest BCUT2D eigenvalue weighted by atomic mass is 32.2. The number of benzene rings is 2. The molecule has 0 radical (unpaired) electrons. The molecule has 1 atom stereocenters. The minimum absolute atomic E-state index is 0.0407. The van der Waals surface area contributed by atoms with Crippen molar-refractivity contribution in [3.63, 3.8) is 0 Å². The molecule has 14 heteroatoms. The van der Waals surface area contributed by atoms with Crippen molar-refractivity contribution >= 4 is 44.2 Å². The Hall–Kier alpha value is -3.98. The van der Waals surface area contributed by atoms with Crippen molar-refractivity contribution in [1.29, 1.82) is 0 Å². The molecule has 0 spiro atoms. The summed E-state index contributed by atoms with van der Waals surface area (Å²) in [5.74, 6) is -1.30. The number of hydrogen-bond donors (Lipinski definition) is 1. The van der Waals surface area contributed by atoms with E-state index in [1.54, 1.807) is 7.11 Å². The molecule has 3 aliphatic rings. The molecular weight excluding hydrogens is 660 g/mol. The zero-order valence-electron chi connectivity index (χ0n) is 30.1. The van der Waals surface area contributed by atoms with Gasteiger partial charge in [-0.05, 0) is 75.9 Å². The zero-order chi connectivity index (χ0) is 36.2. The van der Waals surface area contributed by atoms with Crippen LogP contribution in [0.3, 0.4) is 0 Å². The molecule has 1 unspecified atom stereocenters. The highest BCUT2D eigenvalue weighted by Gasteiger charge is 2.36. The van der Waals surface area contributed by atoms with Crippen LogP contribution < -0.4 is 21.2 Å². The van der Waals surface area contributed by atoms with E-state index < -0.39 is 27.5 Å². The van der Waals surface area contributed by atoms with Gasteiger partial charge in [-0.2, -0.15) is 0 Å². The fourth-order valence-electron chi connectivity index (χ4n) is 7.94. The van der Waals surface area contributed by atoms with Crippen molar-refractivity contribution in [2.75, 3.05) is 83.9 Å². The summed E-state index contributed by atoms with van der Waals surface area (Å²) in [6.45, 7) is 10.2. The van der Waals surface area contributed by atoms with Crippen LogP contribution in [0.1, 0.15) is 61.4 Å². The number of primary amides is 1. The van der Waals surface area contributed by atoms with Crippen molar-refractivity contribution in [3.05, 3.63) is 61.5 Å². The molecule has 3 aliphatic heterocycles. The van der Waals surface area contributed by atoms with Crippen LogP contribution in [-0.4, -0.2) is 115 Å². The van der Waals surface area contributed by atoms with Crippen LogP contribution in [0.25, 0.3) is 11.0 Å². The van der Waals surface area contributed by atoms with E-state index in [1.165, 1.54) is 32.0 Å². The Balaban J connectivity index is 1.41. The smallest absolute Gasteiger partial charge is 0.341 e. The summed E-state index contributed by atoms with van der Waals surface area (Å²) in [5.41, 5.74) is 10.6. The maximum Gasteiger partial charge on any atom is 0.341 e. The number of likely N-dealkylation sites (N-methyl/N-ethyl adjacent to an activating group) is 1. The molecule has 0 bridgehead atoms. The summed E-state index contributed by atoms with van der Waals surface area (Å²) in [4.78, 5) is 48.8. The minimum atomic E-state index is -4.18. The number of sulfonamides is 1. The Morgan fingerprint density at radius 1 is 0.980 bits per heavy atom. The van der Waals surface area contributed by atoms with E-state index in [4.69, 9.17) is 14.9 Å². The lowest BCUT2D eigenvalue weighted by Crippen LogP contribution is -2.53. The first-order valence-corrected chi connectivity index (χ1v) is 18.6. The molecular formula is C36H48N6O7S. The highest BCUT2D eigenvalue weighted by molar-refractivity contribution is 7.89. The summed E-state index contributed by atoms with van der Waals surface area (Å²) in [7, 11) is 2.39. The SMILES string of the molecule is COCC1CN(c2cc(C)c3c4c(c(=O)oc3c2C)CN(C(=O)c2cc(N3CCCC3)c(C(N)=O)c(C)c2S(=O)(=O)N(C)C)CC4)CCN1C. The number of fused-ring (bicyclic) bond motifs is 3. The summed E-state index contributed by atoms with van der Waals surface area (Å²) in [6.07, 6.45) is 2.18. The molecule has 0 aliphatic carbocycles. The van der Waals surface area contributed by atoms with E-state index in [0.717, 1.165) is 64.5 Å². The highest BCUT2D eigenvalue weighted by Crippen LogP contribution is 2.38. The molecule has 2 saturated heterocycles. The number of carbonyl (C=O) groups excluding carboxylic acids is 2. The topological polar surface area (TPSA) is 150 Å². The van der Waals surface area contributed by atoms with Crippen LogP contribution in [-0.2, 0) is 27.7 Å². The molecule has 13 nitrogen and oxygen atoms in total. The maximum absolute atomic E-state index is 14.5. The molecule has 0 saturated carbocycles. The number of nitrogens with zero attached hydrogens (tertiary/aromatic N) is 5. The molecule has 2 N–H and O–H groups in total. The van der Waals surface area contributed by atoms with Crippen LogP contribution in [0, 0.1) is 20.8 Å². The molecule has 2 aromatic carbocycles. The Morgan fingerprint density at radius 2 is 1.68 bits per heavy atom. The van der Waals surface area contributed by atoms with Crippen LogP contribution in [0.5, 0.6) is 0 Å². The molecule has 2 fully saturated rings. The number of rotatable bonds is 8. The van der Waals surface area contributed by atoms with Gasteiger partial charge in [0, 0.05) is 77.1 Å². The second-order valence-corrected chi connectivity index (χ2v) is 16.1. The fraction of sp³-hybridized carbons (Fsp3) is 0.528. The first kappa shape index (κ1) is 35.8. The third-order valence-corrected chi connectivity index (χ3v) is 12.7. The number of piperazine rings is 1. The molecule has 270 valence electrons. The van der Waals surface area contributed by atoms with Gasteiger partial charge in [0.05, 0.1) is 46.5 Å². The number of hydrogen-bond acceptors (Lipinski definition) is 10. The largest absolute Gasteiger partial charge is 0.422 e. The second kappa shape index (κ2) is 13.6. The summed E-state index contributed by atoms with van der Waals surface area (Å²) < 4.78 is 40.1. The van der Waals surface area contributed by atoms with Gasteiger partial charge in [-0.3, -0.25) is 14.5 Å². The van der Waals surface area contributed by atoms with E-state index in [9.17, 15) is 22.8 Å². The lowest BCUT2D eigenvalue weighted by Gasteiger charge is -2.41. The predicted molar refractivity (Wildman–Crippen MR) is 193 cm³/mol. The van der Waals surface area contributed by atoms with Gasteiger partial charge in [0.25, 0.3) is 11.8 Å². The number of nitrogens with two attached hydrogens (primary N) is 1. The second-order valence-electron chi connectivity index (χ2n) is 14.0. The van der Waals surface area contributed by atoms with E-state index in [2.05, 4.69) is 22.9 Å². The molecule has 3 aromatic rings. The van der Waals surface area contributed by atoms with Crippen LogP contribution in [0.2, 0.25) is 0 Å². The van der Waals surface area contributed by atoms with Gasteiger partial charge in [0.1, 0.15) is 5.58 Å². The van der Waals surface area contributed by atoms with Crippen molar-refractivity contribution in [1.82, 2.24) is 14.1 Å². The van der Waals surface area contributed by atoms with E-state index in [1.807, 2.05) is 18.7 Å². The number of aryl methyl sites for hydroxylation is 2. The summed E-state index contributed by atoms with van der Waals surface area (Å²) in [5, 5.41) is 0.879. The minimum Gasteiger partial charge on any atom is -0.422 e. The Bertz CT molecular complexity index is 2040. The third kappa shape index (κ3) is 6.05. The quantitative estimate of drug-likeness (QED) is 0.346. The maximum atomic E-state index is 14.5. The van der Waals surface area contributed by atoms with Gasteiger partial charge in [0.15, 0.2) is 0 Å². The van der Waals surface area contributed by atoms with Crippen molar-refractivity contribution < 1.29 is 27.2 Å². The first-order chi connectivity index (χ1) is 23.7. The molecule has 2 amide bonds. The van der Waals surface area contributed by atoms with Gasteiger partial charge < -0.3 is 29.6 Å². The van der Waals surface area contributed by atoms with Gasteiger partial charge in [0.2, 0.25) is 10.0 Å². The molecule has 50 heavy (non-hydrogen) atoms. The average Bonchev–Trinajstić information content (AvgIpc) is 3.61. The molecule has 1 aromatic heterocycles. The van der Waals surface area contributed by atoms with Crippen molar-refractivity contribution in [2.45, 2.75) is 57.5 Å². The standard InChI is InChI=1S/C36H48N6O7S/c1-21-16-28(41-15-14-39(6)24(18-41)20-48-7)22(2)32-30(21)25-10-13-42(19-27(25)36(45)49-32)35(44)26-17-29(40-11-8-9-12-40)31(34(37)43)23(3)33(26)50(46,47)38(4)5/h16-17,24H,8-15,18-20H2,1-7H3,(H2,37,43). The monoisotopic (exact) mass is 708 g/mol. The predicted octanol–water partition coefficient (Wildman–Crippen LogP) is 2.63. The van der Waals surface area contributed by atoms with E-state index >= 15 is 0 Å². The lowest BCUT2D eigenvalue weighted by atomic mass is 9.92. The van der Waals surface area contributed by atoms with Crippen molar-refractivity contribution in [3.8, 4) is 0 Å². The third-order valence-electron chi connectivity index (χ3n) is 10.7. The first-order valence-electron chi connectivity index (χ1n) is 17.1. The Labute approximate surface area is 293 Å². The number of methoxy groups -OCH3 is 1. The molecule has 4 heterocycles. The Morgan fingerprint density at radius 3 is 2.32 bits per heavy atom. The molecule has 6 rings (SSSR count). The lowest BCUT2D eigenvalue weighted by molar-refractivity contribution is 0.0728. The van der Waals surface area contributed by atoms with Gasteiger partial charge in [-0.1, -0.05) is 0 Å². The van der Waals surface area contributed by atoms with Crippen LogP contribution >= 0.6 is 0 Å². The zero-order valence-corrected chi connectivity index (χ0v) is 30.9. The van der Waals surface area contributed by atoms with Crippen LogP contribution in [0.15, 0.2) is 26.2 Å². The normalized spacial score (nSPS) is 18.7. The summed E-state index contributed by atoms with van der Waals surface area (Å²) in [6, 6.07) is 3.89. The number of carbonyl (C=O) groups is 2. The average molecular weight is 709 g/mol.